The first-order valence-corrected chi connectivity index (χ1v) is 5.49. The lowest BCUT2D eigenvalue weighted by Crippen LogP contribution is -1.98. The van der Waals surface area contributed by atoms with Gasteiger partial charge >= 0.3 is 6.01 Å². The Balaban J connectivity index is 2.36. The molecule has 1 heterocycles. The molecule has 0 saturated heterocycles. The summed E-state index contributed by atoms with van der Waals surface area (Å²) in [7, 11) is 1.51. The Morgan fingerprint density at radius 3 is 2.68 bits per heavy atom. The molecule has 1 aromatic heterocycles. The standard InChI is InChI=1S/C13H12N4O2/c1-8-5-10(7-14)17-13(16-8)19-11-4-3-9(15)6-12(11)18-2/h3-6H,15H2,1-2H3. The van der Waals surface area contributed by atoms with Gasteiger partial charge in [0, 0.05) is 17.4 Å². The number of nitrogen functional groups attached to an aromatic ring is 1. The molecule has 0 radical (unpaired) electrons. The Labute approximate surface area is 110 Å². The molecule has 2 N–H and O–H groups in total. The summed E-state index contributed by atoms with van der Waals surface area (Å²) >= 11 is 0. The second-order valence-corrected chi connectivity index (χ2v) is 3.80. The zero-order valence-electron chi connectivity index (χ0n) is 10.5. The van der Waals surface area contributed by atoms with E-state index in [2.05, 4.69) is 9.97 Å². The van der Waals surface area contributed by atoms with Crippen LogP contribution in [0.15, 0.2) is 24.3 Å². The molecule has 19 heavy (non-hydrogen) atoms. The van der Waals surface area contributed by atoms with Crippen LogP contribution in [-0.2, 0) is 0 Å². The number of rotatable bonds is 3. The fraction of sp³-hybridized carbons (Fsp3) is 0.154. The van der Waals surface area contributed by atoms with Gasteiger partial charge < -0.3 is 15.2 Å². The van der Waals surface area contributed by atoms with Gasteiger partial charge in [0.25, 0.3) is 0 Å². The lowest BCUT2D eigenvalue weighted by molar-refractivity contribution is 0.367. The summed E-state index contributed by atoms with van der Waals surface area (Å²) in [6.45, 7) is 1.76. The Morgan fingerprint density at radius 2 is 2.00 bits per heavy atom. The second-order valence-electron chi connectivity index (χ2n) is 3.80. The van der Waals surface area contributed by atoms with Gasteiger partial charge in [0.15, 0.2) is 11.5 Å². The van der Waals surface area contributed by atoms with Gasteiger partial charge in [0.05, 0.1) is 7.11 Å². The zero-order valence-corrected chi connectivity index (χ0v) is 10.5. The molecule has 0 amide bonds. The molecular weight excluding hydrogens is 244 g/mol. The largest absolute Gasteiger partial charge is 0.493 e. The molecule has 2 rings (SSSR count). The van der Waals surface area contributed by atoms with Gasteiger partial charge in [-0.15, -0.1) is 0 Å². The van der Waals surface area contributed by atoms with Gasteiger partial charge in [-0.3, -0.25) is 0 Å². The van der Waals surface area contributed by atoms with Crippen LogP contribution < -0.4 is 15.2 Å². The van der Waals surface area contributed by atoms with E-state index in [1.807, 2.05) is 6.07 Å². The van der Waals surface area contributed by atoms with Gasteiger partial charge in [-0.1, -0.05) is 0 Å². The van der Waals surface area contributed by atoms with Gasteiger partial charge in [-0.05, 0) is 25.1 Å². The molecule has 0 spiro atoms. The molecule has 6 heteroatoms. The lowest BCUT2D eigenvalue weighted by atomic mass is 10.3. The summed E-state index contributed by atoms with van der Waals surface area (Å²) in [6.07, 6.45) is 0. The molecule has 6 nitrogen and oxygen atoms in total. The molecule has 2 aromatic rings. The van der Waals surface area contributed by atoms with Crippen LogP contribution in [0, 0.1) is 18.3 Å². The van der Waals surface area contributed by atoms with Gasteiger partial charge in [0.1, 0.15) is 11.8 Å². The number of aromatic nitrogens is 2. The third-order valence-corrected chi connectivity index (χ3v) is 2.34. The van der Waals surface area contributed by atoms with E-state index in [1.54, 1.807) is 31.2 Å². The molecule has 0 aliphatic rings. The van der Waals surface area contributed by atoms with Crippen molar-refractivity contribution in [1.82, 2.24) is 9.97 Å². The van der Waals surface area contributed by atoms with E-state index in [-0.39, 0.29) is 11.7 Å². The molecule has 0 fully saturated rings. The Hall–Kier alpha value is -2.81. The summed E-state index contributed by atoms with van der Waals surface area (Å²) in [6, 6.07) is 8.60. The van der Waals surface area contributed by atoms with Crippen molar-refractivity contribution in [3.63, 3.8) is 0 Å². The maximum atomic E-state index is 8.85. The van der Waals surface area contributed by atoms with Gasteiger partial charge in [0.2, 0.25) is 0 Å². The van der Waals surface area contributed by atoms with Crippen molar-refractivity contribution in [3.05, 3.63) is 35.7 Å². The van der Waals surface area contributed by atoms with E-state index in [1.165, 1.54) is 7.11 Å². The highest BCUT2D eigenvalue weighted by Gasteiger charge is 2.09. The summed E-state index contributed by atoms with van der Waals surface area (Å²) in [5.41, 5.74) is 7.11. The number of methoxy groups -OCH3 is 1. The minimum absolute atomic E-state index is 0.0969. The summed E-state index contributed by atoms with van der Waals surface area (Å²) in [5.74, 6) is 0.912. The lowest BCUT2D eigenvalue weighted by Gasteiger charge is -2.09. The van der Waals surface area contributed by atoms with Crippen LogP contribution in [0.4, 0.5) is 5.69 Å². The predicted octanol–water partition coefficient (Wildman–Crippen LogP) is 2.04. The van der Waals surface area contributed by atoms with Crippen LogP contribution in [0.3, 0.4) is 0 Å². The van der Waals surface area contributed by atoms with E-state index in [0.29, 0.717) is 22.9 Å². The maximum Gasteiger partial charge on any atom is 0.323 e. The predicted molar refractivity (Wildman–Crippen MR) is 69.0 cm³/mol. The van der Waals surface area contributed by atoms with Gasteiger partial charge in [-0.25, -0.2) is 4.98 Å². The average Bonchev–Trinajstić information content (AvgIpc) is 2.40. The SMILES string of the molecule is COc1cc(N)ccc1Oc1nc(C)cc(C#N)n1. The van der Waals surface area contributed by atoms with Crippen LogP contribution in [-0.4, -0.2) is 17.1 Å². The molecule has 0 aliphatic heterocycles. The quantitative estimate of drug-likeness (QED) is 0.844. The number of benzene rings is 1. The maximum absolute atomic E-state index is 8.85. The number of aryl methyl sites for hydroxylation is 1. The number of nitrogens with two attached hydrogens (primary N) is 1. The minimum atomic E-state index is 0.0969. The monoisotopic (exact) mass is 256 g/mol. The first-order chi connectivity index (χ1) is 9.12. The zero-order chi connectivity index (χ0) is 13.8. The van der Waals surface area contributed by atoms with E-state index < -0.39 is 0 Å². The first kappa shape index (κ1) is 12.6. The molecule has 0 saturated carbocycles. The van der Waals surface area contributed by atoms with Crippen molar-refractivity contribution in [2.24, 2.45) is 0 Å². The Bertz CT molecular complexity index is 650. The molecule has 96 valence electrons. The number of nitrogens with zero attached hydrogens (tertiary/aromatic N) is 3. The molecular formula is C13H12N4O2. The fourth-order valence-corrected chi connectivity index (χ4v) is 1.51. The normalized spacial score (nSPS) is 9.74. The molecule has 0 unspecified atom stereocenters. The van der Waals surface area contributed by atoms with Crippen molar-refractivity contribution in [2.75, 3.05) is 12.8 Å². The number of nitriles is 1. The van der Waals surface area contributed by atoms with Crippen LogP contribution >= 0.6 is 0 Å². The summed E-state index contributed by atoms with van der Waals surface area (Å²) < 4.78 is 10.7. The van der Waals surface area contributed by atoms with Crippen LogP contribution in [0.1, 0.15) is 11.4 Å². The molecule has 0 aliphatic carbocycles. The number of anilines is 1. The highest BCUT2D eigenvalue weighted by Crippen LogP contribution is 2.31. The van der Waals surface area contributed by atoms with E-state index in [9.17, 15) is 0 Å². The Morgan fingerprint density at radius 1 is 1.21 bits per heavy atom. The van der Waals surface area contributed by atoms with E-state index in [0.717, 1.165) is 0 Å². The van der Waals surface area contributed by atoms with Crippen LogP contribution in [0.25, 0.3) is 0 Å². The van der Waals surface area contributed by atoms with Crippen molar-refractivity contribution in [3.8, 4) is 23.6 Å². The van der Waals surface area contributed by atoms with Crippen molar-refractivity contribution in [1.29, 1.82) is 5.26 Å². The van der Waals surface area contributed by atoms with E-state index >= 15 is 0 Å². The minimum Gasteiger partial charge on any atom is -0.493 e. The van der Waals surface area contributed by atoms with Crippen molar-refractivity contribution in [2.45, 2.75) is 6.92 Å². The van der Waals surface area contributed by atoms with Crippen LogP contribution in [0.2, 0.25) is 0 Å². The third kappa shape index (κ3) is 2.90. The second kappa shape index (κ2) is 5.23. The number of hydrogen-bond donors (Lipinski definition) is 1. The molecule has 0 atom stereocenters. The van der Waals surface area contributed by atoms with Crippen molar-refractivity contribution < 1.29 is 9.47 Å². The summed E-state index contributed by atoms with van der Waals surface area (Å²) in [5, 5.41) is 8.85. The first-order valence-electron chi connectivity index (χ1n) is 5.49. The van der Waals surface area contributed by atoms with Crippen LogP contribution in [0.5, 0.6) is 17.5 Å². The molecule has 1 aromatic carbocycles. The molecule has 0 bridgehead atoms. The van der Waals surface area contributed by atoms with E-state index in [4.69, 9.17) is 20.5 Å². The number of hydrogen-bond acceptors (Lipinski definition) is 6. The summed E-state index contributed by atoms with van der Waals surface area (Å²) in [4.78, 5) is 8.07. The fourth-order valence-electron chi connectivity index (χ4n) is 1.51. The topological polar surface area (TPSA) is 94.0 Å². The van der Waals surface area contributed by atoms with Crippen molar-refractivity contribution >= 4 is 5.69 Å². The smallest absolute Gasteiger partial charge is 0.323 e. The highest BCUT2D eigenvalue weighted by atomic mass is 16.5. The highest BCUT2D eigenvalue weighted by molar-refractivity contribution is 5.52. The average molecular weight is 256 g/mol. The van der Waals surface area contributed by atoms with Gasteiger partial charge in [-0.2, -0.15) is 10.2 Å². The number of ether oxygens (including phenoxy) is 2. The Kier molecular flexibility index (Phi) is 3.48. The third-order valence-electron chi connectivity index (χ3n) is 2.34.